The van der Waals surface area contributed by atoms with E-state index in [2.05, 4.69) is 80.5 Å². The fourth-order valence-electron chi connectivity index (χ4n) is 4.38. The average molecular weight is 459 g/mol. The van der Waals surface area contributed by atoms with Crippen molar-refractivity contribution in [1.82, 2.24) is 24.8 Å². The number of aromatic amines is 1. The van der Waals surface area contributed by atoms with E-state index in [0.717, 1.165) is 73.0 Å². The first-order valence-corrected chi connectivity index (χ1v) is 11.8. The quantitative estimate of drug-likeness (QED) is 0.401. The van der Waals surface area contributed by atoms with Gasteiger partial charge in [0.15, 0.2) is 0 Å². The molecule has 0 aliphatic carbocycles. The minimum atomic E-state index is 0.0386. The van der Waals surface area contributed by atoms with Crippen LogP contribution in [0.1, 0.15) is 12.5 Å². The van der Waals surface area contributed by atoms with E-state index < -0.39 is 0 Å². The fraction of sp³-hybridized carbons (Fsp3) is 0.333. The predicted octanol–water partition coefficient (Wildman–Crippen LogP) is 3.83. The number of rotatable bonds is 10. The molecule has 1 aliphatic rings. The molecule has 34 heavy (non-hydrogen) atoms. The van der Waals surface area contributed by atoms with E-state index in [-0.39, 0.29) is 12.6 Å². The van der Waals surface area contributed by atoms with Gasteiger partial charge in [-0.2, -0.15) is 0 Å². The molecule has 0 unspecified atom stereocenters. The molecule has 1 saturated heterocycles. The van der Waals surface area contributed by atoms with Crippen LogP contribution >= 0.6 is 0 Å². The number of hydrogen-bond acceptors (Lipinski definition) is 6. The number of aliphatic hydroxyl groups is 1. The molecule has 7 heteroatoms. The highest BCUT2D eigenvalue weighted by Crippen LogP contribution is 2.28. The van der Waals surface area contributed by atoms with E-state index in [1.165, 1.54) is 5.56 Å². The number of nitrogens with zero attached hydrogens (tertiary/aromatic N) is 4. The molecule has 1 fully saturated rings. The Balaban J connectivity index is 1.46. The zero-order valence-electron chi connectivity index (χ0n) is 19.9. The number of aliphatic hydroxyl groups excluding tert-OH is 1. The average Bonchev–Trinajstić information content (AvgIpc) is 3.30. The molecular weight excluding hydrogens is 424 g/mol. The Labute approximate surface area is 201 Å². The zero-order valence-corrected chi connectivity index (χ0v) is 19.9. The maximum absolute atomic E-state index is 9.11. The van der Waals surface area contributed by atoms with Gasteiger partial charge >= 0.3 is 0 Å². The molecule has 3 N–H and O–H groups in total. The van der Waals surface area contributed by atoms with Crippen LogP contribution in [-0.4, -0.2) is 75.2 Å². The van der Waals surface area contributed by atoms with Gasteiger partial charge in [-0.15, -0.1) is 0 Å². The summed E-state index contributed by atoms with van der Waals surface area (Å²) in [5.41, 5.74) is 5.28. The van der Waals surface area contributed by atoms with E-state index in [4.69, 9.17) is 5.11 Å². The van der Waals surface area contributed by atoms with Gasteiger partial charge in [-0.05, 0) is 29.7 Å². The van der Waals surface area contributed by atoms with E-state index >= 15 is 0 Å². The summed E-state index contributed by atoms with van der Waals surface area (Å²) >= 11 is 0. The van der Waals surface area contributed by atoms with Gasteiger partial charge in [-0.3, -0.25) is 9.80 Å². The summed E-state index contributed by atoms with van der Waals surface area (Å²) < 4.78 is 0. The normalized spacial score (nSPS) is 16.5. The number of H-pyrrole nitrogens is 1. The van der Waals surface area contributed by atoms with Gasteiger partial charge in [0.25, 0.3) is 0 Å². The first-order chi connectivity index (χ1) is 16.6. The van der Waals surface area contributed by atoms with Crippen molar-refractivity contribution in [3.63, 3.8) is 0 Å². The number of fused-ring (bicyclic) bond motifs is 1. The number of β-amino-alcohol motifs (C(OH)–C–C–N with tert-alkyl or cyclic N) is 1. The largest absolute Gasteiger partial charge is 0.395 e. The lowest BCUT2D eigenvalue weighted by atomic mass is 10.1. The topological polar surface area (TPSA) is 80.3 Å². The Morgan fingerprint density at radius 2 is 1.88 bits per heavy atom. The van der Waals surface area contributed by atoms with Crippen LogP contribution < -0.4 is 5.32 Å². The summed E-state index contributed by atoms with van der Waals surface area (Å²) in [5.74, 6) is 0.786. The van der Waals surface area contributed by atoms with Crippen molar-refractivity contribution in [2.24, 2.45) is 0 Å². The summed E-state index contributed by atoms with van der Waals surface area (Å²) in [4.78, 5) is 17.1. The lowest BCUT2D eigenvalue weighted by Gasteiger charge is -2.34. The molecule has 7 nitrogen and oxygen atoms in total. The molecule has 0 radical (unpaired) electrons. The highest BCUT2D eigenvalue weighted by atomic mass is 16.3. The fourth-order valence-corrected chi connectivity index (χ4v) is 4.38. The lowest BCUT2D eigenvalue weighted by Crippen LogP contribution is -2.46. The second-order valence-electron chi connectivity index (χ2n) is 8.68. The molecule has 3 heterocycles. The molecule has 1 aromatic carbocycles. The summed E-state index contributed by atoms with van der Waals surface area (Å²) in [6, 6.07) is 10.9. The van der Waals surface area contributed by atoms with Crippen LogP contribution in [0.3, 0.4) is 0 Å². The van der Waals surface area contributed by atoms with Gasteiger partial charge in [0.05, 0.1) is 12.0 Å². The molecule has 0 bridgehead atoms. The van der Waals surface area contributed by atoms with Crippen molar-refractivity contribution in [2.45, 2.75) is 19.5 Å². The molecule has 2 aromatic heterocycles. The van der Waals surface area contributed by atoms with Gasteiger partial charge in [0.2, 0.25) is 0 Å². The second-order valence-corrected chi connectivity index (χ2v) is 8.68. The van der Waals surface area contributed by atoms with Crippen LogP contribution in [0, 0.1) is 0 Å². The van der Waals surface area contributed by atoms with Gasteiger partial charge < -0.3 is 15.4 Å². The minimum Gasteiger partial charge on any atom is -0.395 e. The van der Waals surface area contributed by atoms with Crippen LogP contribution in [0.25, 0.3) is 22.3 Å². The number of anilines is 1. The lowest BCUT2D eigenvalue weighted by molar-refractivity contribution is 0.108. The number of aromatic nitrogens is 3. The number of allylic oxidation sites excluding steroid dienone is 2. The smallest absolute Gasteiger partial charge is 0.143 e. The van der Waals surface area contributed by atoms with Crippen LogP contribution in [0.15, 0.2) is 73.6 Å². The highest BCUT2D eigenvalue weighted by Gasteiger charge is 2.17. The summed E-state index contributed by atoms with van der Waals surface area (Å²) in [6.45, 7) is 15.8. The standard InChI is InChI=1S/C27H34N6O/c1-4-6-22(5-2)20(3)30-26-24-17-25(31-27(24)29-19-28-26)23-9-7-21(8-10-23)18-33-13-11-32(12-14-33)15-16-34/h4-10,17,19-20,34H,1-2,11-16,18H2,3H3,(H2,28,29,30,31)/b22-6+/t20-/m1/s1. The van der Waals surface area contributed by atoms with Crippen LogP contribution in [0.2, 0.25) is 0 Å². The third kappa shape index (κ3) is 5.62. The number of nitrogens with one attached hydrogen (secondary N) is 2. The number of piperazine rings is 1. The summed E-state index contributed by atoms with van der Waals surface area (Å²) in [7, 11) is 0. The van der Waals surface area contributed by atoms with E-state index in [1.54, 1.807) is 12.4 Å². The maximum Gasteiger partial charge on any atom is 0.143 e. The number of benzene rings is 1. The SMILES string of the molecule is C=C/C=C(\C=C)[C@@H](C)Nc1ncnc2[nH]c(-c3ccc(CN4CCN(CCO)CC4)cc3)cc12. The van der Waals surface area contributed by atoms with E-state index in [9.17, 15) is 0 Å². The second kappa shape index (κ2) is 11.2. The van der Waals surface area contributed by atoms with Crippen LogP contribution in [0.5, 0.6) is 0 Å². The van der Waals surface area contributed by atoms with Gasteiger partial charge in [-0.25, -0.2) is 9.97 Å². The first kappa shape index (κ1) is 23.9. The molecule has 0 spiro atoms. The van der Waals surface area contributed by atoms with Gasteiger partial charge in [0, 0.05) is 51.0 Å². The Morgan fingerprint density at radius 1 is 1.15 bits per heavy atom. The molecule has 4 rings (SSSR count). The van der Waals surface area contributed by atoms with Crippen molar-refractivity contribution in [3.05, 3.63) is 79.2 Å². The van der Waals surface area contributed by atoms with Crippen molar-refractivity contribution < 1.29 is 5.11 Å². The Hall–Kier alpha value is -3.26. The molecule has 3 aromatic rings. The Kier molecular flexibility index (Phi) is 7.90. The molecule has 0 saturated carbocycles. The Bertz CT molecular complexity index is 1140. The summed E-state index contributed by atoms with van der Waals surface area (Å²) in [5, 5.41) is 13.5. The third-order valence-electron chi connectivity index (χ3n) is 6.38. The highest BCUT2D eigenvalue weighted by molar-refractivity contribution is 5.91. The molecule has 1 atom stereocenters. The van der Waals surface area contributed by atoms with Crippen molar-refractivity contribution in [1.29, 1.82) is 0 Å². The molecular formula is C27H34N6O. The maximum atomic E-state index is 9.11. The molecule has 0 amide bonds. The summed E-state index contributed by atoms with van der Waals surface area (Å²) in [6.07, 6.45) is 7.12. The van der Waals surface area contributed by atoms with Crippen LogP contribution in [0.4, 0.5) is 5.82 Å². The Morgan fingerprint density at radius 3 is 2.56 bits per heavy atom. The van der Waals surface area contributed by atoms with Gasteiger partial charge in [-0.1, -0.05) is 55.7 Å². The third-order valence-corrected chi connectivity index (χ3v) is 6.38. The van der Waals surface area contributed by atoms with Crippen molar-refractivity contribution >= 4 is 16.9 Å². The van der Waals surface area contributed by atoms with E-state index in [0.29, 0.717) is 0 Å². The minimum absolute atomic E-state index is 0.0386. The van der Waals surface area contributed by atoms with Crippen LogP contribution in [-0.2, 0) is 6.54 Å². The van der Waals surface area contributed by atoms with Crippen molar-refractivity contribution in [2.75, 3.05) is 44.6 Å². The molecule has 178 valence electrons. The molecule has 1 aliphatic heterocycles. The monoisotopic (exact) mass is 458 g/mol. The zero-order chi connectivity index (χ0) is 23.9. The number of hydrogen-bond donors (Lipinski definition) is 3. The first-order valence-electron chi connectivity index (χ1n) is 11.8. The predicted molar refractivity (Wildman–Crippen MR) is 140 cm³/mol. The van der Waals surface area contributed by atoms with Gasteiger partial charge in [0.1, 0.15) is 17.8 Å². The van der Waals surface area contributed by atoms with E-state index in [1.807, 2.05) is 12.2 Å². The van der Waals surface area contributed by atoms with Crippen molar-refractivity contribution in [3.8, 4) is 11.3 Å².